The average molecular weight is 244 g/mol. The van der Waals surface area contributed by atoms with Crippen molar-refractivity contribution < 1.29 is 0 Å². The van der Waals surface area contributed by atoms with E-state index in [0.717, 1.165) is 27.2 Å². The first-order valence-corrected chi connectivity index (χ1v) is 5.61. The number of halogens is 1. The van der Waals surface area contributed by atoms with Gasteiger partial charge in [-0.15, -0.1) is 0 Å². The van der Waals surface area contributed by atoms with Gasteiger partial charge in [0.05, 0.1) is 11.0 Å². The topological polar surface area (TPSA) is 54.7 Å². The Balaban J connectivity index is 2.13. The second kappa shape index (κ2) is 3.79. The Kier molecular flexibility index (Phi) is 2.27. The summed E-state index contributed by atoms with van der Waals surface area (Å²) in [6.45, 7) is 0. The number of fused-ring (bicyclic) bond motifs is 1. The molecule has 0 bridgehead atoms. The maximum atomic E-state index is 5.86. The lowest BCUT2D eigenvalue weighted by atomic mass is 10.1. The van der Waals surface area contributed by atoms with Gasteiger partial charge in [-0.3, -0.25) is 0 Å². The van der Waals surface area contributed by atoms with E-state index >= 15 is 0 Å². The number of nitrogens with one attached hydrogen (secondary N) is 1. The Morgan fingerprint density at radius 1 is 1.00 bits per heavy atom. The van der Waals surface area contributed by atoms with Crippen molar-refractivity contribution >= 4 is 28.6 Å². The van der Waals surface area contributed by atoms with Gasteiger partial charge in [0.25, 0.3) is 0 Å². The molecule has 1 aromatic heterocycles. The Hall–Kier alpha value is -2.00. The molecule has 0 fully saturated rings. The molecule has 0 radical (unpaired) electrons. The second-order valence-corrected chi connectivity index (χ2v) is 4.30. The zero-order valence-corrected chi connectivity index (χ0v) is 9.70. The number of hydrogen-bond acceptors (Lipinski definition) is 2. The van der Waals surface area contributed by atoms with Crippen LogP contribution in [0.2, 0.25) is 5.02 Å². The van der Waals surface area contributed by atoms with Crippen LogP contribution in [0.5, 0.6) is 0 Å². The molecule has 1 heterocycles. The quantitative estimate of drug-likeness (QED) is 0.688. The molecule has 17 heavy (non-hydrogen) atoms. The summed E-state index contributed by atoms with van der Waals surface area (Å²) in [5.41, 5.74) is 9.64. The van der Waals surface area contributed by atoms with Crippen molar-refractivity contribution in [2.45, 2.75) is 0 Å². The maximum absolute atomic E-state index is 5.86. The third kappa shape index (κ3) is 1.85. The van der Waals surface area contributed by atoms with Crippen molar-refractivity contribution in [1.82, 2.24) is 9.97 Å². The van der Waals surface area contributed by atoms with Gasteiger partial charge in [-0.05, 0) is 35.4 Å². The minimum absolute atomic E-state index is 0.438. The van der Waals surface area contributed by atoms with E-state index in [4.69, 9.17) is 17.3 Å². The molecule has 3 N–H and O–H groups in total. The van der Waals surface area contributed by atoms with Crippen molar-refractivity contribution in [1.29, 1.82) is 0 Å². The predicted octanol–water partition coefficient (Wildman–Crippen LogP) is 3.47. The summed E-state index contributed by atoms with van der Waals surface area (Å²) >= 11 is 5.86. The highest BCUT2D eigenvalue weighted by Crippen LogP contribution is 2.24. The summed E-state index contributed by atoms with van der Waals surface area (Å²) in [6, 6.07) is 13.7. The van der Waals surface area contributed by atoms with E-state index in [1.165, 1.54) is 0 Å². The van der Waals surface area contributed by atoms with E-state index in [9.17, 15) is 0 Å². The SMILES string of the molecule is Nc1nc2cc(-c3ccc(Cl)cc3)ccc2[nH]1. The Morgan fingerprint density at radius 3 is 2.47 bits per heavy atom. The van der Waals surface area contributed by atoms with Crippen molar-refractivity contribution in [3.8, 4) is 11.1 Å². The molecule has 3 aromatic rings. The fourth-order valence-corrected chi connectivity index (χ4v) is 1.97. The minimum atomic E-state index is 0.438. The van der Waals surface area contributed by atoms with Crippen LogP contribution in [0.3, 0.4) is 0 Å². The van der Waals surface area contributed by atoms with Gasteiger partial charge in [-0.25, -0.2) is 4.98 Å². The van der Waals surface area contributed by atoms with E-state index in [1.807, 2.05) is 42.5 Å². The number of imidazole rings is 1. The molecule has 0 aliphatic rings. The van der Waals surface area contributed by atoms with Crippen LogP contribution in [0.15, 0.2) is 42.5 Å². The summed E-state index contributed by atoms with van der Waals surface area (Å²) in [4.78, 5) is 7.20. The van der Waals surface area contributed by atoms with Crippen molar-refractivity contribution in [3.05, 3.63) is 47.5 Å². The molecule has 0 atom stereocenters. The molecule has 3 nitrogen and oxygen atoms in total. The normalized spacial score (nSPS) is 10.9. The van der Waals surface area contributed by atoms with Gasteiger partial charge in [0.15, 0.2) is 5.95 Å². The van der Waals surface area contributed by atoms with Crippen LogP contribution in [-0.2, 0) is 0 Å². The summed E-state index contributed by atoms with van der Waals surface area (Å²) in [6.07, 6.45) is 0. The molecule has 0 saturated heterocycles. The lowest BCUT2D eigenvalue weighted by molar-refractivity contribution is 1.35. The number of nitrogen functional groups attached to an aromatic ring is 1. The van der Waals surface area contributed by atoms with Gasteiger partial charge < -0.3 is 10.7 Å². The van der Waals surface area contributed by atoms with E-state index in [1.54, 1.807) is 0 Å². The van der Waals surface area contributed by atoms with E-state index < -0.39 is 0 Å². The number of nitrogens with two attached hydrogens (primary N) is 1. The first-order chi connectivity index (χ1) is 8.22. The molecule has 2 aromatic carbocycles. The monoisotopic (exact) mass is 243 g/mol. The molecule has 0 aliphatic carbocycles. The van der Waals surface area contributed by atoms with Crippen LogP contribution >= 0.6 is 11.6 Å². The standard InChI is InChI=1S/C13H10ClN3/c14-10-4-1-8(2-5-10)9-3-6-11-12(7-9)17-13(15)16-11/h1-7H,(H3,15,16,17). The van der Waals surface area contributed by atoms with E-state index in [2.05, 4.69) is 9.97 Å². The summed E-state index contributed by atoms with van der Waals surface area (Å²) < 4.78 is 0. The third-order valence-corrected chi connectivity index (χ3v) is 2.93. The highest BCUT2D eigenvalue weighted by Gasteiger charge is 2.03. The third-order valence-electron chi connectivity index (χ3n) is 2.68. The number of rotatable bonds is 1. The number of nitrogens with zero attached hydrogens (tertiary/aromatic N) is 1. The molecule has 0 saturated carbocycles. The van der Waals surface area contributed by atoms with Crippen molar-refractivity contribution in [2.24, 2.45) is 0 Å². The van der Waals surface area contributed by atoms with Crippen LogP contribution in [0.4, 0.5) is 5.95 Å². The van der Waals surface area contributed by atoms with Crippen molar-refractivity contribution in [3.63, 3.8) is 0 Å². The Morgan fingerprint density at radius 2 is 1.71 bits per heavy atom. The summed E-state index contributed by atoms with van der Waals surface area (Å²) in [5.74, 6) is 0.438. The molecule has 0 aliphatic heterocycles. The lowest BCUT2D eigenvalue weighted by Crippen LogP contribution is -1.84. The second-order valence-electron chi connectivity index (χ2n) is 3.86. The first kappa shape index (κ1) is 10.2. The van der Waals surface area contributed by atoms with Gasteiger partial charge in [0.1, 0.15) is 0 Å². The number of aromatic amines is 1. The highest BCUT2D eigenvalue weighted by molar-refractivity contribution is 6.30. The largest absolute Gasteiger partial charge is 0.369 e. The van der Waals surface area contributed by atoms with E-state index in [0.29, 0.717) is 5.95 Å². The van der Waals surface area contributed by atoms with Gasteiger partial charge in [-0.1, -0.05) is 29.8 Å². The number of anilines is 1. The number of H-pyrrole nitrogens is 1. The van der Waals surface area contributed by atoms with Gasteiger partial charge in [0, 0.05) is 5.02 Å². The molecular weight excluding hydrogens is 234 g/mol. The van der Waals surface area contributed by atoms with Gasteiger partial charge in [-0.2, -0.15) is 0 Å². The smallest absolute Gasteiger partial charge is 0.198 e. The lowest BCUT2D eigenvalue weighted by Gasteiger charge is -2.01. The van der Waals surface area contributed by atoms with Crippen LogP contribution < -0.4 is 5.73 Å². The fourth-order valence-electron chi connectivity index (χ4n) is 1.85. The molecule has 3 rings (SSSR count). The van der Waals surface area contributed by atoms with Gasteiger partial charge in [0.2, 0.25) is 0 Å². The summed E-state index contributed by atoms with van der Waals surface area (Å²) in [5, 5.41) is 0.735. The fraction of sp³-hybridized carbons (Fsp3) is 0. The zero-order valence-electron chi connectivity index (χ0n) is 8.94. The predicted molar refractivity (Wildman–Crippen MR) is 71.0 cm³/mol. The number of aromatic nitrogens is 2. The molecule has 0 unspecified atom stereocenters. The molecule has 0 spiro atoms. The number of benzene rings is 2. The van der Waals surface area contributed by atoms with Crippen LogP contribution in [0, 0.1) is 0 Å². The Bertz CT molecular complexity index is 671. The van der Waals surface area contributed by atoms with Crippen LogP contribution in [-0.4, -0.2) is 9.97 Å². The minimum Gasteiger partial charge on any atom is -0.369 e. The number of hydrogen-bond donors (Lipinski definition) is 2. The Labute approximate surface area is 103 Å². The molecule has 0 amide bonds. The molecule has 84 valence electrons. The zero-order chi connectivity index (χ0) is 11.8. The van der Waals surface area contributed by atoms with Crippen LogP contribution in [0.25, 0.3) is 22.2 Å². The van der Waals surface area contributed by atoms with Gasteiger partial charge >= 0.3 is 0 Å². The summed E-state index contributed by atoms with van der Waals surface area (Å²) in [7, 11) is 0. The molecular formula is C13H10ClN3. The highest BCUT2D eigenvalue weighted by atomic mass is 35.5. The average Bonchev–Trinajstić information content (AvgIpc) is 2.69. The van der Waals surface area contributed by atoms with E-state index in [-0.39, 0.29) is 0 Å². The first-order valence-electron chi connectivity index (χ1n) is 5.23. The molecule has 4 heteroatoms. The van der Waals surface area contributed by atoms with Crippen molar-refractivity contribution in [2.75, 3.05) is 5.73 Å². The van der Waals surface area contributed by atoms with Crippen LogP contribution in [0.1, 0.15) is 0 Å². The maximum Gasteiger partial charge on any atom is 0.198 e.